The van der Waals surface area contributed by atoms with Crippen LogP contribution in [-0.2, 0) is 28.6 Å². The number of quaternary nitrogens is 1. The maximum absolute atomic E-state index is 12.7. The van der Waals surface area contributed by atoms with Gasteiger partial charge < -0.3 is 23.8 Å². The lowest BCUT2D eigenvalue weighted by Crippen LogP contribution is -2.50. The van der Waals surface area contributed by atoms with Gasteiger partial charge in [0.1, 0.15) is 6.61 Å². The number of carbonyl (C=O) groups excluding carboxylic acids is 2. The van der Waals surface area contributed by atoms with Gasteiger partial charge in [0, 0.05) is 19.3 Å². The molecule has 0 radical (unpaired) electrons. The third kappa shape index (κ3) is 35.3. The summed E-state index contributed by atoms with van der Waals surface area (Å²) >= 11 is 0. The molecule has 0 saturated heterocycles. The van der Waals surface area contributed by atoms with Gasteiger partial charge in [-0.2, -0.15) is 0 Å². The maximum Gasteiger partial charge on any atom is 0.362 e. The largest absolute Gasteiger partial charge is 0.477 e. The number of unbranched alkanes of at least 4 members (excludes halogenated alkanes) is 21. The first-order valence-corrected chi connectivity index (χ1v) is 21.9. The Morgan fingerprint density at radius 3 is 1.47 bits per heavy atom. The first-order chi connectivity index (χ1) is 25.6. The number of carbonyl (C=O) groups is 3. The number of allylic oxidation sites excluding steroid dienone is 4. The Bertz CT molecular complexity index is 926. The fourth-order valence-corrected chi connectivity index (χ4v) is 6.42. The predicted octanol–water partition coefficient (Wildman–Crippen LogP) is 11.7. The van der Waals surface area contributed by atoms with Crippen molar-refractivity contribution >= 4 is 17.9 Å². The van der Waals surface area contributed by atoms with Crippen LogP contribution < -0.4 is 0 Å². The van der Waals surface area contributed by atoms with Crippen LogP contribution in [0.1, 0.15) is 194 Å². The van der Waals surface area contributed by atoms with E-state index in [0.29, 0.717) is 19.3 Å². The molecule has 0 saturated carbocycles. The second kappa shape index (κ2) is 36.8. The minimum Gasteiger partial charge on any atom is -0.477 e. The number of esters is 2. The Morgan fingerprint density at radius 1 is 0.566 bits per heavy atom. The molecule has 0 bridgehead atoms. The number of carboxylic acids is 1. The molecular formula is C45H84NO7+. The van der Waals surface area contributed by atoms with Crippen LogP contribution in [0.25, 0.3) is 0 Å². The average molecular weight is 751 g/mol. The summed E-state index contributed by atoms with van der Waals surface area (Å²) in [4.78, 5) is 36.9. The van der Waals surface area contributed by atoms with Crippen molar-refractivity contribution in [2.45, 2.75) is 206 Å². The van der Waals surface area contributed by atoms with E-state index < -0.39 is 18.1 Å². The van der Waals surface area contributed by atoms with E-state index in [2.05, 4.69) is 38.2 Å². The first kappa shape index (κ1) is 50.8. The van der Waals surface area contributed by atoms with Gasteiger partial charge >= 0.3 is 17.9 Å². The second-order valence-electron chi connectivity index (χ2n) is 16.0. The molecule has 0 heterocycles. The lowest BCUT2D eigenvalue weighted by molar-refractivity contribution is -0.887. The average Bonchev–Trinajstić information content (AvgIpc) is 3.11. The number of carboxylic acid groups (broad SMARTS) is 1. The van der Waals surface area contributed by atoms with Crippen molar-refractivity contribution < 1.29 is 38.2 Å². The molecule has 0 aliphatic carbocycles. The molecule has 8 heteroatoms. The molecule has 0 aliphatic heterocycles. The number of hydrogen-bond donors (Lipinski definition) is 1. The minimum absolute atomic E-state index is 0.0503. The van der Waals surface area contributed by atoms with Crippen molar-refractivity contribution in [1.29, 1.82) is 0 Å². The molecule has 0 aromatic heterocycles. The molecule has 0 spiro atoms. The van der Waals surface area contributed by atoms with Crippen molar-refractivity contribution in [3.63, 3.8) is 0 Å². The van der Waals surface area contributed by atoms with E-state index in [1.165, 1.54) is 109 Å². The van der Waals surface area contributed by atoms with Crippen molar-refractivity contribution in [2.75, 3.05) is 41.0 Å². The zero-order valence-corrected chi connectivity index (χ0v) is 35.2. The van der Waals surface area contributed by atoms with Crippen LogP contribution in [0.4, 0.5) is 0 Å². The van der Waals surface area contributed by atoms with Gasteiger partial charge in [-0.3, -0.25) is 9.59 Å². The third-order valence-electron chi connectivity index (χ3n) is 9.85. The first-order valence-electron chi connectivity index (χ1n) is 21.9. The van der Waals surface area contributed by atoms with Gasteiger partial charge in [0.25, 0.3) is 0 Å². The molecule has 2 atom stereocenters. The van der Waals surface area contributed by atoms with Crippen LogP contribution in [0.3, 0.4) is 0 Å². The van der Waals surface area contributed by atoms with Crippen LogP contribution >= 0.6 is 0 Å². The van der Waals surface area contributed by atoms with Crippen molar-refractivity contribution in [3.8, 4) is 0 Å². The molecule has 0 amide bonds. The van der Waals surface area contributed by atoms with Gasteiger partial charge in [-0.25, -0.2) is 4.79 Å². The molecular weight excluding hydrogens is 666 g/mol. The Morgan fingerprint density at radius 2 is 1.00 bits per heavy atom. The highest BCUT2D eigenvalue weighted by atomic mass is 16.6. The van der Waals surface area contributed by atoms with Crippen LogP contribution in [0.2, 0.25) is 0 Å². The van der Waals surface area contributed by atoms with Crippen molar-refractivity contribution in [2.24, 2.45) is 0 Å². The molecule has 1 N–H and O–H groups in total. The van der Waals surface area contributed by atoms with E-state index in [1.54, 1.807) is 0 Å². The zero-order chi connectivity index (χ0) is 39.3. The quantitative estimate of drug-likeness (QED) is 0.0289. The fraction of sp³-hybridized carbons (Fsp3) is 0.844. The summed E-state index contributed by atoms with van der Waals surface area (Å²) in [5, 5.41) is 9.61. The Balaban J connectivity index is 4.33. The maximum atomic E-state index is 12.7. The predicted molar refractivity (Wildman–Crippen MR) is 220 cm³/mol. The van der Waals surface area contributed by atoms with E-state index in [1.807, 2.05) is 21.1 Å². The minimum atomic E-state index is -0.875. The van der Waals surface area contributed by atoms with E-state index in [-0.39, 0.29) is 36.2 Å². The molecule has 0 aromatic rings. The SMILES string of the molecule is CCCCCC/C=C\C/C=C\CCCCCCCCCC(=O)OC(COCCC(C(=O)O)[N+](C)(C)C)COC(=O)CCCCCCCCCCCCC. The highest BCUT2D eigenvalue weighted by molar-refractivity contribution is 5.72. The number of nitrogens with zero attached hydrogens (tertiary/aromatic N) is 1. The van der Waals surface area contributed by atoms with Gasteiger partial charge in [0.15, 0.2) is 12.1 Å². The molecule has 8 nitrogen and oxygen atoms in total. The Hall–Kier alpha value is -2.19. The monoisotopic (exact) mass is 751 g/mol. The standard InChI is InChI=1S/C45H83NO7/c1-6-8-10-12-14-16-18-19-20-21-22-23-24-26-28-30-32-34-36-44(48)53-41(39-51-38-37-42(45(49)50)46(3,4)5)40-52-43(47)35-33-31-29-27-25-17-15-13-11-9-7-2/h16,18,20-21,41-42H,6-15,17,19,22-40H2,1-5H3/p+1/b18-16-,21-20-. The highest BCUT2D eigenvalue weighted by Crippen LogP contribution is 2.14. The summed E-state index contributed by atoms with van der Waals surface area (Å²) < 4.78 is 17.3. The lowest BCUT2D eigenvalue weighted by atomic mass is 10.1. The van der Waals surface area contributed by atoms with Gasteiger partial charge in [0.05, 0.1) is 34.4 Å². The number of ether oxygens (including phenoxy) is 3. The number of hydrogen-bond acceptors (Lipinski definition) is 6. The fourth-order valence-electron chi connectivity index (χ4n) is 6.42. The highest BCUT2D eigenvalue weighted by Gasteiger charge is 2.31. The molecule has 310 valence electrons. The van der Waals surface area contributed by atoms with E-state index in [4.69, 9.17) is 14.2 Å². The molecule has 0 aliphatic rings. The van der Waals surface area contributed by atoms with E-state index in [0.717, 1.165) is 51.4 Å². The number of aliphatic carboxylic acids is 1. The second-order valence-corrected chi connectivity index (χ2v) is 16.0. The normalized spacial score (nSPS) is 13.2. The summed E-state index contributed by atoms with van der Waals surface area (Å²) in [5.74, 6) is -1.47. The van der Waals surface area contributed by atoms with Crippen LogP contribution in [0.15, 0.2) is 24.3 Å². The summed E-state index contributed by atoms with van der Waals surface area (Å²) in [6, 6.07) is -0.612. The topological polar surface area (TPSA) is 99.1 Å². The smallest absolute Gasteiger partial charge is 0.362 e. The van der Waals surface area contributed by atoms with Crippen molar-refractivity contribution in [1.82, 2.24) is 0 Å². The Labute approximate surface area is 326 Å². The van der Waals surface area contributed by atoms with Gasteiger partial charge in [-0.1, -0.05) is 154 Å². The molecule has 0 fully saturated rings. The third-order valence-corrected chi connectivity index (χ3v) is 9.85. The molecule has 0 aromatic carbocycles. The molecule has 53 heavy (non-hydrogen) atoms. The van der Waals surface area contributed by atoms with E-state index in [9.17, 15) is 19.5 Å². The molecule has 2 unspecified atom stereocenters. The summed E-state index contributed by atoms with van der Waals surface area (Å²) in [5.41, 5.74) is 0. The van der Waals surface area contributed by atoms with Crippen LogP contribution in [-0.4, -0.2) is 80.6 Å². The lowest BCUT2D eigenvalue weighted by Gasteiger charge is -2.31. The van der Waals surface area contributed by atoms with Crippen molar-refractivity contribution in [3.05, 3.63) is 24.3 Å². The molecule has 0 rings (SSSR count). The van der Waals surface area contributed by atoms with E-state index >= 15 is 0 Å². The van der Waals surface area contributed by atoms with Gasteiger partial charge in [-0.15, -0.1) is 0 Å². The number of rotatable bonds is 39. The van der Waals surface area contributed by atoms with Gasteiger partial charge in [-0.05, 0) is 44.9 Å². The summed E-state index contributed by atoms with van der Waals surface area (Å²) in [7, 11) is 5.52. The summed E-state index contributed by atoms with van der Waals surface area (Å²) in [6.45, 7) is 4.71. The van der Waals surface area contributed by atoms with Crippen LogP contribution in [0, 0.1) is 0 Å². The summed E-state index contributed by atoms with van der Waals surface area (Å²) in [6.07, 6.45) is 39.3. The zero-order valence-electron chi connectivity index (χ0n) is 35.2. The number of likely N-dealkylation sites (N-methyl/N-ethyl adjacent to an activating group) is 1. The van der Waals surface area contributed by atoms with Crippen LogP contribution in [0.5, 0.6) is 0 Å². The Kier molecular flexibility index (Phi) is 35.2. The van der Waals surface area contributed by atoms with Gasteiger partial charge in [0.2, 0.25) is 0 Å².